The van der Waals surface area contributed by atoms with Gasteiger partial charge < -0.3 is 14.6 Å². The summed E-state index contributed by atoms with van der Waals surface area (Å²) in [6, 6.07) is 4.55. The van der Waals surface area contributed by atoms with Gasteiger partial charge in [-0.3, -0.25) is 9.89 Å². The molecule has 1 aromatic heterocycles. The lowest BCUT2D eigenvalue weighted by Crippen LogP contribution is -2.43. The summed E-state index contributed by atoms with van der Waals surface area (Å²) in [6.07, 6.45) is 10.1. The second kappa shape index (κ2) is 9.88. The lowest BCUT2D eigenvalue weighted by molar-refractivity contribution is 0.259. The highest BCUT2D eigenvalue weighted by molar-refractivity contribution is 14.0. The molecule has 24 heavy (non-hydrogen) atoms. The van der Waals surface area contributed by atoms with Gasteiger partial charge in [-0.2, -0.15) is 0 Å². The van der Waals surface area contributed by atoms with Gasteiger partial charge in [-0.15, -0.1) is 30.6 Å². The van der Waals surface area contributed by atoms with Crippen LogP contribution in [0, 0.1) is 0 Å². The van der Waals surface area contributed by atoms with Crippen LogP contribution < -0.4 is 5.32 Å². The fourth-order valence-electron chi connectivity index (χ4n) is 3.18. The van der Waals surface area contributed by atoms with Gasteiger partial charge in [-0.25, -0.2) is 0 Å². The minimum Gasteiger partial charge on any atom is -0.469 e. The van der Waals surface area contributed by atoms with Gasteiger partial charge in [0.25, 0.3) is 0 Å². The molecule has 0 bridgehead atoms. The first-order valence-electron chi connectivity index (χ1n) is 8.42. The average molecular weight is 442 g/mol. The maximum absolute atomic E-state index is 5.37. The molecule has 1 saturated heterocycles. The van der Waals surface area contributed by atoms with E-state index in [4.69, 9.17) is 9.41 Å². The molecule has 132 valence electrons. The van der Waals surface area contributed by atoms with E-state index in [0.717, 1.165) is 57.4 Å². The van der Waals surface area contributed by atoms with Gasteiger partial charge in [-0.05, 0) is 18.6 Å². The van der Waals surface area contributed by atoms with Gasteiger partial charge in [0.2, 0.25) is 0 Å². The van der Waals surface area contributed by atoms with Crippen molar-refractivity contribution in [2.45, 2.75) is 18.9 Å². The Kier molecular flexibility index (Phi) is 7.84. The normalized spacial score (nSPS) is 21.1. The summed E-state index contributed by atoms with van der Waals surface area (Å²) in [6.45, 7) is 9.55. The van der Waals surface area contributed by atoms with Gasteiger partial charge in [0.15, 0.2) is 5.96 Å². The van der Waals surface area contributed by atoms with Crippen LogP contribution in [0.15, 0.2) is 52.6 Å². The Hall–Kier alpha value is -1.28. The highest BCUT2D eigenvalue weighted by atomic mass is 127. The SMILES string of the molecule is C=CCNC(=NCCc1ccco1)N1CCC(N2CC=CC2)C1.I. The molecule has 0 saturated carbocycles. The summed E-state index contributed by atoms with van der Waals surface area (Å²) in [5.41, 5.74) is 0. The van der Waals surface area contributed by atoms with E-state index in [1.165, 1.54) is 6.42 Å². The van der Waals surface area contributed by atoms with Crippen molar-refractivity contribution >= 4 is 29.9 Å². The molecule has 1 fully saturated rings. The first-order valence-corrected chi connectivity index (χ1v) is 8.42. The molecule has 5 nitrogen and oxygen atoms in total. The van der Waals surface area contributed by atoms with Crippen molar-refractivity contribution in [1.29, 1.82) is 0 Å². The van der Waals surface area contributed by atoms with Crippen molar-refractivity contribution in [2.24, 2.45) is 4.99 Å². The molecule has 0 amide bonds. The van der Waals surface area contributed by atoms with Crippen molar-refractivity contribution in [3.63, 3.8) is 0 Å². The number of nitrogens with one attached hydrogen (secondary N) is 1. The Morgan fingerprint density at radius 2 is 2.25 bits per heavy atom. The zero-order chi connectivity index (χ0) is 15.9. The monoisotopic (exact) mass is 442 g/mol. The van der Waals surface area contributed by atoms with E-state index in [1.54, 1.807) is 6.26 Å². The first kappa shape index (κ1) is 19.1. The Morgan fingerprint density at radius 1 is 1.42 bits per heavy atom. The molecule has 0 radical (unpaired) electrons. The van der Waals surface area contributed by atoms with E-state index >= 15 is 0 Å². The van der Waals surface area contributed by atoms with Crippen LogP contribution in [0.25, 0.3) is 0 Å². The molecule has 3 rings (SSSR count). The molecule has 2 aliphatic heterocycles. The van der Waals surface area contributed by atoms with Crippen molar-refractivity contribution in [3.8, 4) is 0 Å². The number of halogens is 1. The fourth-order valence-corrected chi connectivity index (χ4v) is 3.18. The smallest absolute Gasteiger partial charge is 0.194 e. The van der Waals surface area contributed by atoms with Crippen LogP contribution in [0.3, 0.4) is 0 Å². The Labute approximate surface area is 161 Å². The zero-order valence-corrected chi connectivity index (χ0v) is 16.4. The molecule has 0 spiro atoms. The van der Waals surface area contributed by atoms with Crippen molar-refractivity contribution in [3.05, 3.63) is 49.0 Å². The third kappa shape index (κ3) is 5.11. The summed E-state index contributed by atoms with van der Waals surface area (Å²) in [5, 5.41) is 3.40. The van der Waals surface area contributed by atoms with Gasteiger partial charge in [-0.1, -0.05) is 18.2 Å². The number of aliphatic imine (C=N–C) groups is 1. The van der Waals surface area contributed by atoms with Crippen LogP contribution in [-0.4, -0.2) is 61.1 Å². The predicted molar refractivity (Wildman–Crippen MR) is 109 cm³/mol. The fraction of sp³-hybridized carbons (Fsp3) is 0.500. The summed E-state index contributed by atoms with van der Waals surface area (Å²) >= 11 is 0. The summed E-state index contributed by atoms with van der Waals surface area (Å²) in [7, 11) is 0. The number of rotatable bonds is 6. The van der Waals surface area contributed by atoms with Crippen LogP contribution in [0.5, 0.6) is 0 Å². The maximum Gasteiger partial charge on any atom is 0.194 e. The number of likely N-dealkylation sites (tertiary alicyclic amines) is 1. The van der Waals surface area contributed by atoms with E-state index in [2.05, 4.69) is 33.8 Å². The molecule has 2 aliphatic rings. The molecule has 3 heterocycles. The quantitative estimate of drug-likeness (QED) is 0.318. The summed E-state index contributed by atoms with van der Waals surface area (Å²) < 4.78 is 5.37. The lowest BCUT2D eigenvalue weighted by Gasteiger charge is -2.25. The van der Waals surface area contributed by atoms with Crippen molar-refractivity contribution < 1.29 is 4.42 Å². The van der Waals surface area contributed by atoms with Crippen LogP contribution >= 0.6 is 24.0 Å². The molecule has 1 atom stereocenters. The molecule has 1 aromatic rings. The highest BCUT2D eigenvalue weighted by Crippen LogP contribution is 2.18. The Morgan fingerprint density at radius 3 is 2.96 bits per heavy atom. The predicted octanol–water partition coefficient (Wildman–Crippen LogP) is 2.52. The number of hydrogen-bond acceptors (Lipinski definition) is 3. The molecule has 0 aromatic carbocycles. The standard InChI is InChI=1S/C18H26N4O.HI/c1-2-9-19-18(20-10-7-17-6-5-14-23-17)22-13-8-16(15-22)21-11-3-4-12-21;/h2-6,14,16H,1,7-13,15H2,(H,19,20);1H. The number of furan rings is 1. The average Bonchev–Trinajstić information content (AvgIpc) is 3.32. The summed E-state index contributed by atoms with van der Waals surface area (Å²) in [4.78, 5) is 9.67. The molecule has 6 heteroatoms. The van der Waals surface area contributed by atoms with Gasteiger partial charge >= 0.3 is 0 Å². The van der Waals surface area contributed by atoms with Gasteiger partial charge in [0.05, 0.1) is 6.26 Å². The van der Waals surface area contributed by atoms with Crippen LogP contribution in [0.1, 0.15) is 12.2 Å². The van der Waals surface area contributed by atoms with Crippen molar-refractivity contribution in [2.75, 3.05) is 39.3 Å². The number of hydrogen-bond donors (Lipinski definition) is 1. The Bertz CT molecular complexity index is 547. The van der Waals surface area contributed by atoms with E-state index in [-0.39, 0.29) is 24.0 Å². The second-order valence-corrected chi connectivity index (χ2v) is 6.02. The molecule has 1 unspecified atom stereocenters. The van der Waals surface area contributed by atoms with Gasteiger partial charge in [0.1, 0.15) is 5.76 Å². The van der Waals surface area contributed by atoms with Crippen molar-refractivity contribution in [1.82, 2.24) is 15.1 Å². The van der Waals surface area contributed by atoms with Crippen LogP contribution in [0.4, 0.5) is 0 Å². The minimum absolute atomic E-state index is 0. The lowest BCUT2D eigenvalue weighted by atomic mass is 10.2. The third-order valence-electron chi connectivity index (χ3n) is 4.43. The first-order chi connectivity index (χ1) is 11.4. The van der Waals surface area contributed by atoms with E-state index in [0.29, 0.717) is 6.04 Å². The zero-order valence-electron chi connectivity index (χ0n) is 14.1. The second-order valence-electron chi connectivity index (χ2n) is 6.02. The third-order valence-corrected chi connectivity index (χ3v) is 4.43. The highest BCUT2D eigenvalue weighted by Gasteiger charge is 2.29. The molecule has 1 N–H and O–H groups in total. The molecular weight excluding hydrogens is 415 g/mol. The summed E-state index contributed by atoms with van der Waals surface area (Å²) in [5.74, 6) is 1.98. The van der Waals surface area contributed by atoms with E-state index < -0.39 is 0 Å². The Balaban J connectivity index is 0.00000208. The van der Waals surface area contributed by atoms with E-state index in [9.17, 15) is 0 Å². The number of nitrogens with zero attached hydrogens (tertiary/aromatic N) is 3. The number of guanidine groups is 1. The molecule has 0 aliphatic carbocycles. The largest absolute Gasteiger partial charge is 0.469 e. The van der Waals surface area contributed by atoms with Crippen LogP contribution in [-0.2, 0) is 6.42 Å². The minimum atomic E-state index is 0. The van der Waals surface area contributed by atoms with Gasteiger partial charge in [0, 0.05) is 51.7 Å². The van der Waals surface area contributed by atoms with E-state index in [1.807, 2.05) is 18.2 Å². The molecular formula is C18H27IN4O. The van der Waals surface area contributed by atoms with Crippen LogP contribution in [0.2, 0.25) is 0 Å². The maximum atomic E-state index is 5.37. The topological polar surface area (TPSA) is 44.0 Å².